The van der Waals surface area contributed by atoms with Crippen molar-refractivity contribution in [2.75, 3.05) is 0 Å². The number of aromatic nitrogens is 4. The van der Waals surface area contributed by atoms with Crippen LogP contribution in [0, 0.1) is 0 Å². The molecule has 0 unspecified atom stereocenters. The lowest BCUT2D eigenvalue weighted by atomic mass is 9.20. The number of benzene rings is 18. The minimum atomic E-state index is -0.857. The smallest absolute Gasteiger partial charge is 0.240 e. The second-order valence-corrected chi connectivity index (χ2v) is 32.6. The summed E-state index contributed by atoms with van der Waals surface area (Å²) in [5.74, 6) is 0. The molecule has 1 spiro atoms. The Hall–Kier alpha value is -14.6. The Morgan fingerprint density at radius 3 is 0.863 bits per heavy atom. The zero-order chi connectivity index (χ0) is 76.3. The average molecular weight is 1480 g/mol. The van der Waals surface area contributed by atoms with Crippen molar-refractivity contribution in [3.8, 4) is 45.0 Å². The highest BCUT2D eigenvalue weighted by Gasteiger charge is 2.57. The highest BCUT2D eigenvalue weighted by atomic mass is 15.0. The Kier molecular flexibility index (Phi) is 13.7. The summed E-state index contributed by atoms with van der Waals surface area (Å²) < 4.78 is 10.2. The van der Waals surface area contributed by atoms with E-state index in [0.717, 1.165) is 44.8 Å². The van der Waals surface area contributed by atoms with Crippen LogP contribution in [0.5, 0.6) is 0 Å². The predicted octanol–water partition coefficient (Wildman–Crippen LogP) is 17.1. The summed E-state index contributed by atoms with van der Waals surface area (Å²) in [7, 11) is 0. The second-order valence-electron chi connectivity index (χ2n) is 32.6. The molecule has 0 saturated heterocycles. The van der Waals surface area contributed by atoms with Crippen LogP contribution in [-0.4, -0.2) is 45.1 Å². The molecule has 8 heteroatoms. The van der Waals surface area contributed by atoms with Gasteiger partial charge < -0.3 is 18.3 Å². The second kappa shape index (κ2) is 24.7. The number of para-hydroxylation sites is 6. The largest absolute Gasteiger partial charge is 0.309 e. The molecule has 0 radical (unpaired) electrons. The quantitative estimate of drug-likeness (QED) is 0.135. The van der Waals surface area contributed by atoms with Crippen LogP contribution in [0.1, 0.15) is 22.3 Å². The first kappa shape index (κ1) is 64.9. The van der Waals surface area contributed by atoms with Gasteiger partial charge in [-0.2, -0.15) is 0 Å². The molecule has 0 saturated carbocycles. The molecule has 4 aliphatic rings. The van der Waals surface area contributed by atoms with E-state index in [1.807, 2.05) is 0 Å². The van der Waals surface area contributed by atoms with Crippen molar-refractivity contribution in [2.24, 2.45) is 0 Å². The van der Waals surface area contributed by atoms with Gasteiger partial charge in [-0.25, -0.2) is 0 Å². The minimum Gasteiger partial charge on any atom is -0.309 e. The van der Waals surface area contributed by atoms with Gasteiger partial charge in [0.25, 0.3) is 0 Å². The summed E-state index contributed by atoms with van der Waals surface area (Å²) in [4.78, 5) is 0. The fourth-order valence-electron chi connectivity index (χ4n) is 22.9. The third kappa shape index (κ3) is 8.80. The summed E-state index contributed by atoms with van der Waals surface area (Å²) in [6.45, 7) is -0.357. The molecule has 0 atom stereocenters. The van der Waals surface area contributed by atoms with E-state index in [-0.39, 0.29) is 26.9 Å². The zero-order valence-corrected chi connectivity index (χ0v) is 63.9. The maximum absolute atomic E-state index is 2.64. The molecule has 0 amide bonds. The fraction of sp³-hybridized carbons (Fsp3) is 0.00917. The first-order chi connectivity index (χ1) is 58.2. The van der Waals surface area contributed by atoms with Gasteiger partial charge in [0.05, 0.1) is 49.5 Å². The molecule has 0 fully saturated rings. The normalized spacial score (nSPS) is 13.5. The van der Waals surface area contributed by atoms with Crippen molar-refractivity contribution in [1.82, 2.24) is 18.3 Å². The van der Waals surface area contributed by atoms with Crippen molar-refractivity contribution in [3.63, 3.8) is 0 Å². The van der Waals surface area contributed by atoms with E-state index >= 15 is 0 Å². The first-order valence-electron chi connectivity index (χ1n) is 41.2. The van der Waals surface area contributed by atoms with Crippen molar-refractivity contribution < 1.29 is 0 Å². The number of nitrogens with zero attached hydrogens (tertiary/aromatic N) is 4. The van der Waals surface area contributed by atoms with Crippen molar-refractivity contribution in [3.05, 3.63) is 435 Å². The van der Waals surface area contributed by atoms with Crippen LogP contribution < -0.4 is 65.6 Å². The highest BCUT2D eigenvalue weighted by molar-refractivity contribution is 7.13. The first-order valence-corrected chi connectivity index (χ1v) is 41.2. The van der Waals surface area contributed by atoms with Gasteiger partial charge in [-0.3, -0.25) is 0 Å². The maximum Gasteiger partial charge on any atom is 0.240 e. The summed E-state index contributed by atoms with van der Waals surface area (Å²) in [5.41, 5.74) is 39.4. The monoisotopic (exact) mass is 1480 g/mol. The van der Waals surface area contributed by atoms with Crippen molar-refractivity contribution >= 4 is 180 Å². The van der Waals surface area contributed by atoms with E-state index < -0.39 is 5.41 Å². The number of rotatable bonds is 8. The Labute approximate surface area is 678 Å². The van der Waals surface area contributed by atoms with Crippen molar-refractivity contribution in [2.45, 2.75) is 5.41 Å². The molecule has 6 heterocycles. The van der Waals surface area contributed by atoms with Crippen LogP contribution in [0.4, 0.5) is 0 Å². The Bertz CT molecular complexity index is 7490. The molecule has 4 aromatic heterocycles. The molecule has 26 rings (SSSR count). The third-order valence-corrected chi connectivity index (χ3v) is 27.2. The minimum absolute atomic E-state index is 0.0531. The third-order valence-electron chi connectivity index (χ3n) is 27.2. The van der Waals surface area contributed by atoms with Crippen LogP contribution in [0.2, 0.25) is 0 Å². The molecule has 0 bridgehead atoms. The van der Waals surface area contributed by atoms with Crippen LogP contribution in [0.25, 0.3) is 132 Å². The number of fused-ring (bicyclic) bond motifs is 30. The fourth-order valence-corrected chi connectivity index (χ4v) is 22.9. The number of hydrogen-bond acceptors (Lipinski definition) is 0. The van der Waals surface area contributed by atoms with Crippen LogP contribution in [-0.2, 0) is 5.41 Å². The topological polar surface area (TPSA) is 19.7 Å². The molecular weight excluding hydrogens is 1410 g/mol. The summed E-state index contributed by atoms with van der Waals surface area (Å²) in [6.07, 6.45) is 0. The summed E-state index contributed by atoms with van der Waals surface area (Å²) in [5, 5.41) is 9.85. The molecule has 536 valence electrons. The SMILES string of the molecule is c1ccc(B2c3ccccc3B(c3ccccc3)c3c2ccc2c3-c3cc(-n4c5ccccc5c5c4ccc4c6ccccc6n(-c6ccccc6)c45)ccc3C23c2ccc(-n4c5ccccc5c5c4ccc4c6ccccc6n(-c6ccccc6)c45)cc2-c2c3ccc3c2B(c2ccccc2)c2ccccc2B3c2ccccc2)cc1. The average Bonchev–Trinajstić information content (AvgIpc) is 1.48. The Morgan fingerprint density at radius 2 is 0.487 bits per heavy atom. The summed E-state index contributed by atoms with van der Waals surface area (Å²) in [6, 6.07) is 158. The molecule has 0 N–H and O–H groups in total. The molecule has 22 aromatic rings. The van der Waals surface area contributed by atoms with Gasteiger partial charge in [0.1, 0.15) is 0 Å². The standard InChI is InChI=1S/C109H68B4N4/c1-7-31-69(32-8-1)110-89-47-23-25-49-91(89)112(71-35-11-3-12-36-71)105-93(110)63-61-87-101(105)83-67-75(114-97-53-29-21-45-81(97)103-99(114)65-57-79-77-43-19-27-51-95(77)116(107(79)103)73-39-15-5-16-40-73)55-59-85(83)109(87)86-60-56-76(115-98-54-30-22-46-82(98)104-100(115)66-58-80-78-44-20-28-52-96(78)117(108(80)104)74-41-17-6-18-42-74)68-84(86)102-88(109)62-64-94-106(102)113(72-37-13-4-14-38-72)92-50-26-24-48-90(92)111(94)70-33-9-2-10-34-70/h1-68H. The van der Waals surface area contributed by atoms with E-state index in [1.165, 1.54) is 175 Å². The maximum atomic E-state index is 2.64. The Morgan fingerprint density at radius 1 is 0.188 bits per heavy atom. The molecule has 2 aliphatic heterocycles. The molecule has 18 aromatic carbocycles. The zero-order valence-electron chi connectivity index (χ0n) is 63.9. The van der Waals surface area contributed by atoms with E-state index in [1.54, 1.807) is 0 Å². The Balaban J connectivity index is 0.819. The molecule has 4 nitrogen and oxygen atoms in total. The van der Waals surface area contributed by atoms with E-state index in [4.69, 9.17) is 0 Å². The highest BCUT2D eigenvalue weighted by Crippen LogP contribution is 2.63. The van der Waals surface area contributed by atoms with Crippen molar-refractivity contribution in [1.29, 1.82) is 0 Å². The number of hydrogen-bond donors (Lipinski definition) is 0. The van der Waals surface area contributed by atoms with E-state index in [9.17, 15) is 0 Å². The van der Waals surface area contributed by atoms with Gasteiger partial charge in [-0.05, 0) is 129 Å². The van der Waals surface area contributed by atoms with E-state index in [2.05, 4.69) is 431 Å². The summed E-state index contributed by atoms with van der Waals surface area (Å²) >= 11 is 0. The lowest BCUT2D eigenvalue weighted by molar-refractivity contribution is 0.794. The van der Waals surface area contributed by atoms with Gasteiger partial charge in [-0.1, -0.05) is 393 Å². The lowest BCUT2D eigenvalue weighted by Gasteiger charge is -2.36. The van der Waals surface area contributed by atoms with E-state index in [0.29, 0.717) is 0 Å². The van der Waals surface area contributed by atoms with Crippen LogP contribution in [0.3, 0.4) is 0 Å². The predicted molar refractivity (Wildman–Crippen MR) is 497 cm³/mol. The lowest BCUT2D eigenvalue weighted by Crippen LogP contribution is -2.75. The molecular formula is C109H68B4N4. The van der Waals surface area contributed by atoms with Gasteiger partial charge in [0.2, 0.25) is 26.9 Å². The van der Waals surface area contributed by atoms with Gasteiger partial charge in [0.15, 0.2) is 0 Å². The van der Waals surface area contributed by atoms with Gasteiger partial charge >= 0.3 is 0 Å². The van der Waals surface area contributed by atoms with Gasteiger partial charge in [0, 0.05) is 65.8 Å². The molecule has 117 heavy (non-hydrogen) atoms. The van der Waals surface area contributed by atoms with Gasteiger partial charge in [-0.15, -0.1) is 0 Å². The molecule has 2 aliphatic carbocycles. The van der Waals surface area contributed by atoms with Crippen LogP contribution >= 0.6 is 0 Å². The van der Waals surface area contributed by atoms with Crippen LogP contribution in [0.15, 0.2) is 413 Å².